The van der Waals surface area contributed by atoms with Crippen molar-refractivity contribution in [1.82, 2.24) is 10.2 Å². The molecular formula is C14H14FN3O. The van der Waals surface area contributed by atoms with Crippen LogP contribution in [0.2, 0.25) is 0 Å². The lowest BCUT2D eigenvalue weighted by atomic mass is 9.64. The third-order valence-electron chi connectivity index (χ3n) is 3.79. The Kier molecular flexibility index (Phi) is 2.81. The molecule has 4 nitrogen and oxygen atoms in total. The highest BCUT2D eigenvalue weighted by atomic mass is 19.1. The summed E-state index contributed by atoms with van der Waals surface area (Å²) in [5.74, 6) is 0.236. The Morgan fingerprint density at radius 3 is 2.53 bits per heavy atom. The summed E-state index contributed by atoms with van der Waals surface area (Å²) in [5, 5.41) is 9.33. The van der Waals surface area contributed by atoms with Gasteiger partial charge in [-0.05, 0) is 30.5 Å². The minimum atomic E-state index is -0.529. The van der Waals surface area contributed by atoms with Crippen molar-refractivity contribution < 1.29 is 9.18 Å². The van der Waals surface area contributed by atoms with Crippen molar-refractivity contribution in [1.29, 1.82) is 0 Å². The lowest BCUT2D eigenvalue weighted by molar-refractivity contribution is -0.124. The third kappa shape index (κ3) is 2.01. The van der Waals surface area contributed by atoms with Crippen molar-refractivity contribution in [3.05, 3.63) is 47.9 Å². The van der Waals surface area contributed by atoms with Crippen LogP contribution in [0.4, 0.5) is 10.2 Å². The Bertz CT molecular complexity index is 573. The Balaban J connectivity index is 1.86. The fourth-order valence-electron chi connectivity index (χ4n) is 2.51. The maximum Gasteiger partial charge on any atom is 0.236 e. The van der Waals surface area contributed by atoms with Crippen molar-refractivity contribution >= 4 is 11.7 Å². The van der Waals surface area contributed by atoms with Gasteiger partial charge in [0.05, 0.1) is 11.6 Å². The van der Waals surface area contributed by atoms with Crippen LogP contribution in [0.25, 0.3) is 0 Å². The normalized spacial score (nSPS) is 16.7. The van der Waals surface area contributed by atoms with E-state index >= 15 is 0 Å². The molecule has 1 saturated carbocycles. The van der Waals surface area contributed by atoms with Crippen LogP contribution in [0.3, 0.4) is 0 Å². The van der Waals surface area contributed by atoms with Gasteiger partial charge in [-0.1, -0.05) is 18.6 Å². The summed E-state index contributed by atoms with van der Waals surface area (Å²) in [6.07, 6.45) is 4.17. The number of benzene rings is 1. The summed E-state index contributed by atoms with van der Waals surface area (Å²) in [6, 6.07) is 7.90. The van der Waals surface area contributed by atoms with E-state index in [4.69, 9.17) is 0 Å². The highest BCUT2D eigenvalue weighted by molar-refractivity contribution is 5.99. The number of halogens is 1. The summed E-state index contributed by atoms with van der Waals surface area (Å²) in [6.45, 7) is 0. The van der Waals surface area contributed by atoms with Crippen LogP contribution in [0, 0.1) is 5.82 Å². The van der Waals surface area contributed by atoms with E-state index in [0.717, 1.165) is 24.8 Å². The number of nitrogens with one attached hydrogen (secondary N) is 2. The predicted octanol–water partition coefficient (Wildman–Crippen LogP) is 2.61. The zero-order valence-electron chi connectivity index (χ0n) is 10.3. The second-order valence-corrected chi connectivity index (χ2v) is 4.87. The van der Waals surface area contributed by atoms with Gasteiger partial charge in [0, 0.05) is 6.07 Å². The molecular weight excluding hydrogens is 245 g/mol. The first-order valence-corrected chi connectivity index (χ1v) is 6.28. The Morgan fingerprint density at radius 1 is 1.26 bits per heavy atom. The average Bonchev–Trinajstić information content (AvgIpc) is 2.83. The van der Waals surface area contributed by atoms with Gasteiger partial charge in [-0.2, -0.15) is 5.10 Å². The Morgan fingerprint density at radius 2 is 2.00 bits per heavy atom. The molecule has 1 aromatic heterocycles. The molecule has 0 atom stereocenters. The Labute approximate surface area is 110 Å². The van der Waals surface area contributed by atoms with E-state index < -0.39 is 5.41 Å². The number of carbonyl (C=O) groups is 1. The van der Waals surface area contributed by atoms with Crippen molar-refractivity contribution in [2.75, 3.05) is 5.32 Å². The van der Waals surface area contributed by atoms with E-state index in [1.807, 2.05) is 0 Å². The van der Waals surface area contributed by atoms with Gasteiger partial charge in [0.25, 0.3) is 0 Å². The minimum Gasteiger partial charge on any atom is -0.310 e. The third-order valence-corrected chi connectivity index (χ3v) is 3.79. The van der Waals surface area contributed by atoms with Crippen molar-refractivity contribution in [2.24, 2.45) is 0 Å². The number of hydrogen-bond donors (Lipinski definition) is 2. The van der Waals surface area contributed by atoms with Crippen LogP contribution < -0.4 is 5.32 Å². The molecule has 0 bridgehead atoms. The van der Waals surface area contributed by atoms with Crippen LogP contribution >= 0.6 is 0 Å². The van der Waals surface area contributed by atoms with Crippen LogP contribution in [0.15, 0.2) is 36.5 Å². The first kappa shape index (κ1) is 11.9. The van der Waals surface area contributed by atoms with Crippen LogP contribution in [0.1, 0.15) is 24.8 Å². The molecule has 0 radical (unpaired) electrons. The lowest BCUT2D eigenvalue weighted by Gasteiger charge is -2.40. The molecule has 2 aromatic rings. The summed E-state index contributed by atoms with van der Waals surface area (Å²) >= 11 is 0. The first-order valence-electron chi connectivity index (χ1n) is 6.28. The van der Waals surface area contributed by atoms with Gasteiger partial charge in [-0.3, -0.25) is 9.89 Å². The largest absolute Gasteiger partial charge is 0.310 e. The summed E-state index contributed by atoms with van der Waals surface area (Å²) < 4.78 is 13.0. The van der Waals surface area contributed by atoms with Gasteiger partial charge in [-0.25, -0.2) is 4.39 Å². The maximum atomic E-state index is 13.0. The monoisotopic (exact) mass is 259 g/mol. The van der Waals surface area contributed by atoms with Gasteiger partial charge in [0.1, 0.15) is 11.6 Å². The summed E-state index contributed by atoms with van der Waals surface area (Å²) in [7, 11) is 0. The van der Waals surface area contributed by atoms with Gasteiger partial charge in [0.2, 0.25) is 5.91 Å². The van der Waals surface area contributed by atoms with Crippen molar-refractivity contribution in [3.8, 4) is 0 Å². The van der Waals surface area contributed by atoms with E-state index in [-0.39, 0.29) is 11.7 Å². The molecule has 2 N–H and O–H groups in total. The van der Waals surface area contributed by atoms with Gasteiger partial charge >= 0.3 is 0 Å². The van der Waals surface area contributed by atoms with E-state index in [9.17, 15) is 9.18 Å². The van der Waals surface area contributed by atoms with E-state index in [0.29, 0.717) is 5.82 Å². The zero-order chi connectivity index (χ0) is 13.3. The standard InChI is InChI=1S/C14H14FN3O/c15-11-4-2-10(3-5-11)14(7-1-8-14)13(19)17-12-6-9-16-18-12/h2-6,9H,1,7-8H2,(H2,16,17,18,19). The lowest BCUT2D eigenvalue weighted by Crippen LogP contribution is -2.46. The highest BCUT2D eigenvalue weighted by Gasteiger charge is 2.45. The van der Waals surface area contributed by atoms with E-state index in [1.165, 1.54) is 12.1 Å². The molecule has 1 fully saturated rings. The number of carbonyl (C=O) groups excluding carboxylic acids is 1. The van der Waals surface area contributed by atoms with Crippen LogP contribution in [-0.2, 0) is 10.2 Å². The quantitative estimate of drug-likeness (QED) is 0.890. The highest BCUT2D eigenvalue weighted by Crippen LogP contribution is 2.44. The molecule has 1 amide bonds. The van der Waals surface area contributed by atoms with Crippen LogP contribution in [-0.4, -0.2) is 16.1 Å². The van der Waals surface area contributed by atoms with E-state index in [2.05, 4.69) is 15.5 Å². The number of H-pyrrole nitrogens is 1. The topological polar surface area (TPSA) is 57.8 Å². The number of aromatic amines is 1. The predicted molar refractivity (Wildman–Crippen MR) is 69.1 cm³/mol. The smallest absolute Gasteiger partial charge is 0.236 e. The minimum absolute atomic E-state index is 0.0605. The Hall–Kier alpha value is -2.17. The molecule has 0 unspecified atom stereocenters. The summed E-state index contributed by atoms with van der Waals surface area (Å²) in [5.41, 5.74) is 0.343. The molecule has 1 aliphatic rings. The SMILES string of the molecule is O=C(Nc1ccn[nH]1)C1(c2ccc(F)cc2)CCC1. The molecule has 98 valence electrons. The molecule has 1 aliphatic carbocycles. The van der Waals surface area contributed by atoms with Gasteiger partial charge in [0.15, 0.2) is 0 Å². The molecule has 1 heterocycles. The molecule has 0 saturated heterocycles. The number of anilines is 1. The van der Waals surface area contributed by atoms with Gasteiger partial charge in [-0.15, -0.1) is 0 Å². The molecule has 19 heavy (non-hydrogen) atoms. The number of amides is 1. The molecule has 1 aromatic carbocycles. The number of aromatic nitrogens is 2. The van der Waals surface area contributed by atoms with Crippen LogP contribution in [0.5, 0.6) is 0 Å². The maximum absolute atomic E-state index is 13.0. The van der Waals surface area contributed by atoms with Crippen molar-refractivity contribution in [3.63, 3.8) is 0 Å². The second-order valence-electron chi connectivity index (χ2n) is 4.87. The number of hydrogen-bond acceptors (Lipinski definition) is 2. The van der Waals surface area contributed by atoms with E-state index in [1.54, 1.807) is 24.4 Å². The fraction of sp³-hybridized carbons (Fsp3) is 0.286. The number of rotatable bonds is 3. The molecule has 0 aliphatic heterocycles. The number of nitrogens with zero attached hydrogens (tertiary/aromatic N) is 1. The summed E-state index contributed by atoms with van der Waals surface area (Å²) in [4.78, 5) is 12.4. The molecule has 5 heteroatoms. The fourth-order valence-corrected chi connectivity index (χ4v) is 2.51. The first-order chi connectivity index (χ1) is 9.21. The van der Waals surface area contributed by atoms with Gasteiger partial charge < -0.3 is 5.32 Å². The second kappa shape index (κ2) is 4.50. The van der Waals surface area contributed by atoms with Crippen molar-refractivity contribution in [2.45, 2.75) is 24.7 Å². The average molecular weight is 259 g/mol. The zero-order valence-corrected chi connectivity index (χ0v) is 10.3. The molecule has 0 spiro atoms. The molecule has 3 rings (SSSR count).